The van der Waals surface area contributed by atoms with Crippen molar-refractivity contribution in [2.45, 2.75) is 18.0 Å². The summed E-state index contributed by atoms with van der Waals surface area (Å²) in [7, 11) is 1.33. The highest BCUT2D eigenvalue weighted by atomic mass is 16.5. The van der Waals surface area contributed by atoms with Crippen LogP contribution in [0.25, 0.3) is 0 Å². The van der Waals surface area contributed by atoms with Crippen LogP contribution < -0.4 is 5.32 Å². The predicted molar refractivity (Wildman–Crippen MR) is 141 cm³/mol. The highest BCUT2D eigenvalue weighted by Gasteiger charge is 2.39. The molecule has 1 aliphatic heterocycles. The molecule has 3 aromatic carbocycles. The zero-order valence-electron chi connectivity index (χ0n) is 20.8. The number of nitrogens with one attached hydrogen (secondary N) is 1. The normalized spacial score (nSPS) is 16.0. The molecule has 0 radical (unpaired) electrons. The van der Waals surface area contributed by atoms with Crippen molar-refractivity contribution in [1.29, 1.82) is 0 Å². The third kappa shape index (κ3) is 4.78. The van der Waals surface area contributed by atoms with E-state index in [0.29, 0.717) is 19.5 Å². The number of nitrogens with zero attached hydrogens (tertiary/aromatic N) is 3. The van der Waals surface area contributed by atoms with E-state index in [1.165, 1.54) is 7.11 Å². The summed E-state index contributed by atoms with van der Waals surface area (Å²) >= 11 is 0. The number of imidazole rings is 1. The second-order valence-corrected chi connectivity index (χ2v) is 9.13. The van der Waals surface area contributed by atoms with Crippen LogP contribution in [-0.4, -0.2) is 59.1 Å². The minimum absolute atomic E-state index is 0.0406. The molecule has 1 saturated heterocycles. The van der Waals surface area contributed by atoms with E-state index in [4.69, 9.17) is 9.72 Å². The van der Waals surface area contributed by atoms with Crippen LogP contribution in [0.3, 0.4) is 0 Å². The number of aromatic nitrogens is 2. The summed E-state index contributed by atoms with van der Waals surface area (Å²) in [5.74, 6) is -0.539. The van der Waals surface area contributed by atoms with Gasteiger partial charge in [0.25, 0.3) is 0 Å². The molecule has 4 aromatic rings. The Kier molecular flexibility index (Phi) is 7.14. The quantitative estimate of drug-likeness (QED) is 0.301. The summed E-state index contributed by atoms with van der Waals surface area (Å²) in [5.41, 5.74) is 3.45. The molecule has 1 fully saturated rings. The zero-order chi connectivity index (χ0) is 25.7. The van der Waals surface area contributed by atoms with Crippen molar-refractivity contribution in [3.8, 4) is 0 Å². The van der Waals surface area contributed by atoms with Crippen molar-refractivity contribution in [1.82, 2.24) is 19.8 Å². The standard InChI is InChI=1S/C30H30N4O3/c1-37-28(35)21-33-18-17-31-27(29(33)36)19-26-20-34(22-32-26)30(23-11-5-2-6-12-23,24-13-7-3-8-14-24)25-15-9-4-10-16-25/h2-16,20,22,27,31H,17-19,21H2,1H3/t27-/m0/s1. The van der Waals surface area contributed by atoms with Gasteiger partial charge in [-0.05, 0) is 16.7 Å². The highest BCUT2D eigenvalue weighted by molar-refractivity contribution is 5.86. The third-order valence-electron chi connectivity index (χ3n) is 6.94. The van der Waals surface area contributed by atoms with Crippen LogP contribution in [0.5, 0.6) is 0 Å². The van der Waals surface area contributed by atoms with Gasteiger partial charge in [0.05, 0.1) is 25.2 Å². The van der Waals surface area contributed by atoms with Crippen LogP contribution >= 0.6 is 0 Å². The van der Waals surface area contributed by atoms with Crippen molar-refractivity contribution in [3.05, 3.63) is 126 Å². The number of rotatable bonds is 8. The van der Waals surface area contributed by atoms with Gasteiger partial charge >= 0.3 is 5.97 Å². The Hall–Kier alpha value is -4.23. The minimum Gasteiger partial charge on any atom is -0.468 e. The van der Waals surface area contributed by atoms with Crippen LogP contribution in [0, 0.1) is 0 Å². The molecule has 7 heteroatoms. The largest absolute Gasteiger partial charge is 0.468 e. The summed E-state index contributed by atoms with van der Waals surface area (Å²) in [4.78, 5) is 31.1. The molecule has 2 heterocycles. The van der Waals surface area contributed by atoms with E-state index in [0.717, 1.165) is 22.4 Å². The highest BCUT2D eigenvalue weighted by Crippen LogP contribution is 2.40. The van der Waals surface area contributed by atoms with Crippen molar-refractivity contribution >= 4 is 11.9 Å². The third-order valence-corrected chi connectivity index (χ3v) is 6.94. The van der Waals surface area contributed by atoms with Gasteiger partial charge in [-0.3, -0.25) is 9.59 Å². The van der Waals surface area contributed by atoms with E-state index < -0.39 is 17.6 Å². The first-order chi connectivity index (χ1) is 18.1. The van der Waals surface area contributed by atoms with Crippen LogP contribution in [0.4, 0.5) is 0 Å². The SMILES string of the molecule is COC(=O)CN1CCN[C@@H](Cc2cn(C(c3ccccc3)(c3ccccc3)c3ccccc3)cn2)C1=O. The second-order valence-electron chi connectivity index (χ2n) is 9.13. The Balaban J connectivity index is 1.55. The Morgan fingerprint density at radius 2 is 1.49 bits per heavy atom. The average molecular weight is 495 g/mol. The number of hydrogen-bond acceptors (Lipinski definition) is 5. The number of amides is 1. The van der Waals surface area contributed by atoms with Crippen molar-refractivity contribution in [3.63, 3.8) is 0 Å². The fourth-order valence-corrected chi connectivity index (χ4v) is 5.18. The molecule has 1 aromatic heterocycles. The van der Waals surface area contributed by atoms with Gasteiger partial charge in [0.15, 0.2) is 0 Å². The number of piperazine rings is 1. The molecule has 0 aliphatic carbocycles. The number of ether oxygens (including phenoxy) is 1. The van der Waals surface area contributed by atoms with E-state index in [-0.39, 0.29) is 12.5 Å². The second kappa shape index (κ2) is 10.8. The van der Waals surface area contributed by atoms with Crippen molar-refractivity contribution < 1.29 is 14.3 Å². The fraction of sp³-hybridized carbons (Fsp3) is 0.233. The number of carbonyl (C=O) groups excluding carboxylic acids is 2. The van der Waals surface area contributed by atoms with Gasteiger partial charge in [0.2, 0.25) is 5.91 Å². The van der Waals surface area contributed by atoms with E-state index in [2.05, 4.69) is 46.3 Å². The summed E-state index contributed by atoms with van der Waals surface area (Å²) in [6.07, 6.45) is 4.29. The lowest BCUT2D eigenvalue weighted by Gasteiger charge is -2.37. The summed E-state index contributed by atoms with van der Waals surface area (Å²) in [5, 5.41) is 3.29. The van der Waals surface area contributed by atoms with Gasteiger partial charge in [0, 0.05) is 25.7 Å². The van der Waals surface area contributed by atoms with Crippen LogP contribution in [0.1, 0.15) is 22.4 Å². The molecule has 1 aliphatic rings. The Labute approximate surface area is 216 Å². The van der Waals surface area contributed by atoms with Gasteiger partial charge in [-0.1, -0.05) is 91.0 Å². The van der Waals surface area contributed by atoms with Crippen LogP contribution in [0.15, 0.2) is 104 Å². The van der Waals surface area contributed by atoms with Crippen molar-refractivity contribution in [2.24, 2.45) is 0 Å². The van der Waals surface area contributed by atoms with Gasteiger partial charge < -0.3 is 19.5 Å². The van der Waals surface area contributed by atoms with E-state index >= 15 is 0 Å². The van der Waals surface area contributed by atoms with Crippen LogP contribution in [0.2, 0.25) is 0 Å². The number of benzene rings is 3. The van der Waals surface area contributed by atoms with E-state index in [9.17, 15) is 9.59 Å². The lowest BCUT2D eigenvalue weighted by Crippen LogP contribution is -2.57. The molecule has 5 rings (SSSR count). The first kappa shape index (κ1) is 24.5. The lowest BCUT2D eigenvalue weighted by atomic mass is 9.77. The van der Waals surface area contributed by atoms with Gasteiger partial charge in [-0.2, -0.15) is 0 Å². The molecule has 188 valence electrons. The van der Waals surface area contributed by atoms with E-state index in [1.807, 2.05) is 67.1 Å². The average Bonchev–Trinajstić information content (AvgIpc) is 3.42. The molecule has 0 unspecified atom stereocenters. The Bertz CT molecular complexity index is 1240. The predicted octanol–water partition coefficient (Wildman–Crippen LogP) is 3.24. The number of methoxy groups -OCH3 is 1. The smallest absolute Gasteiger partial charge is 0.325 e. The molecule has 0 spiro atoms. The zero-order valence-corrected chi connectivity index (χ0v) is 20.8. The molecular weight excluding hydrogens is 464 g/mol. The minimum atomic E-state index is -0.657. The molecular formula is C30H30N4O3. The van der Waals surface area contributed by atoms with E-state index in [1.54, 1.807) is 4.90 Å². The van der Waals surface area contributed by atoms with Gasteiger partial charge in [-0.15, -0.1) is 0 Å². The Morgan fingerprint density at radius 1 is 0.946 bits per heavy atom. The molecule has 7 nitrogen and oxygen atoms in total. The number of hydrogen-bond donors (Lipinski definition) is 1. The maximum absolute atomic E-state index is 13.1. The molecule has 0 bridgehead atoms. The van der Waals surface area contributed by atoms with Gasteiger partial charge in [0.1, 0.15) is 12.1 Å². The Morgan fingerprint density at radius 3 is 2.00 bits per heavy atom. The molecule has 37 heavy (non-hydrogen) atoms. The van der Waals surface area contributed by atoms with Crippen LogP contribution in [-0.2, 0) is 26.3 Å². The topological polar surface area (TPSA) is 76.5 Å². The number of carbonyl (C=O) groups is 2. The first-order valence-electron chi connectivity index (χ1n) is 12.4. The lowest BCUT2D eigenvalue weighted by molar-refractivity contribution is -0.148. The maximum Gasteiger partial charge on any atom is 0.325 e. The van der Waals surface area contributed by atoms with Gasteiger partial charge in [-0.25, -0.2) is 4.98 Å². The summed E-state index contributed by atoms with van der Waals surface area (Å²) in [6.45, 7) is 1.04. The maximum atomic E-state index is 13.1. The molecule has 1 atom stereocenters. The van der Waals surface area contributed by atoms with Crippen molar-refractivity contribution in [2.75, 3.05) is 26.7 Å². The number of esters is 1. The summed E-state index contributed by atoms with van der Waals surface area (Å²) in [6, 6.07) is 30.7. The molecule has 1 N–H and O–H groups in total. The summed E-state index contributed by atoms with van der Waals surface area (Å²) < 4.78 is 6.89. The monoisotopic (exact) mass is 494 g/mol. The molecule has 1 amide bonds. The first-order valence-corrected chi connectivity index (χ1v) is 12.4. The molecule has 0 saturated carbocycles. The fourth-order valence-electron chi connectivity index (χ4n) is 5.18.